The molecule has 0 bridgehead atoms. The zero-order valence-corrected chi connectivity index (χ0v) is 26.8. The van der Waals surface area contributed by atoms with E-state index in [-0.39, 0.29) is 75.2 Å². The van der Waals surface area contributed by atoms with Gasteiger partial charge in [-0.15, -0.1) is 0 Å². The Bertz CT molecular complexity index is 1000. The standard InChI is InChI=1S/C31H48O6.Na/c1-17(2)9-8-10-20(28(35)36)26-22-15-24(34)27-29(5)13-12-23(33)18(3)21(29)11-14-30(27,6)31(22,7)16-25(26)37-19(4)32;/h9,18,21-25,27,33-34H,8,10-16H2,1-7H3,(H,35,36);/q;+1/p-1/b26-20-;/t18-,21-,22-,23+,24+,25-,27-,29-,30-,31-;/m1./s1. The van der Waals surface area contributed by atoms with Gasteiger partial charge in [0.2, 0.25) is 0 Å². The third kappa shape index (κ3) is 5.00. The number of allylic oxidation sites excluding steroid dienone is 2. The van der Waals surface area contributed by atoms with Crippen LogP contribution in [0.15, 0.2) is 22.8 Å². The van der Waals surface area contributed by atoms with Crippen LogP contribution in [0.3, 0.4) is 0 Å². The quantitative estimate of drug-likeness (QED) is 0.237. The van der Waals surface area contributed by atoms with Crippen LogP contribution in [0.1, 0.15) is 99.8 Å². The second kappa shape index (κ2) is 11.3. The predicted octanol–water partition coefficient (Wildman–Crippen LogP) is 1.34. The van der Waals surface area contributed by atoms with Crippen LogP contribution < -0.4 is 34.7 Å². The molecule has 0 aliphatic heterocycles. The van der Waals surface area contributed by atoms with E-state index in [1.807, 2.05) is 19.9 Å². The van der Waals surface area contributed by atoms with Crippen LogP contribution in [-0.2, 0) is 14.3 Å². The fourth-order valence-corrected chi connectivity index (χ4v) is 9.78. The van der Waals surface area contributed by atoms with E-state index in [0.717, 1.165) is 31.3 Å². The molecule has 7 heteroatoms. The average Bonchev–Trinajstić information content (AvgIpc) is 3.05. The van der Waals surface area contributed by atoms with Crippen molar-refractivity contribution in [3.63, 3.8) is 0 Å². The number of aliphatic hydroxyl groups is 2. The van der Waals surface area contributed by atoms with Gasteiger partial charge in [-0.3, -0.25) is 4.79 Å². The van der Waals surface area contributed by atoms with Gasteiger partial charge >= 0.3 is 35.5 Å². The van der Waals surface area contributed by atoms with Crippen molar-refractivity contribution < 1.29 is 59.2 Å². The summed E-state index contributed by atoms with van der Waals surface area (Å²) in [5.41, 5.74) is 1.31. The Kier molecular flexibility index (Phi) is 9.49. The summed E-state index contributed by atoms with van der Waals surface area (Å²) < 4.78 is 5.84. The molecule has 4 rings (SSSR count). The van der Waals surface area contributed by atoms with Crippen LogP contribution in [0.2, 0.25) is 0 Å². The second-order valence-corrected chi connectivity index (χ2v) is 13.6. The molecule has 6 nitrogen and oxygen atoms in total. The molecule has 2 N–H and O–H groups in total. The first-order chi connectivity index (χ1) is 17.2. The molecule has 0 amide bonds. The fraction of sp³-hybridized carbons (Fsp3) is 0.806. The summed E-state index contributed by atoms with van der Waals surface area (Å²) in [6.07, 6.45) is 5.92. The first-order valence-electron chi connectivity index (χ1n) is 14.3. The minimum absolute atomic E-state index is 0. The molecule has 4 aliphatic rings. The molecule has 0 aromatic rings. The zero-order chi connectivity index (χ0) is 27.5. The van der Waals surface area contributed by atoms with Crippen molar-refractivity contribution >= 4 is 11.9 Å². The SMILES string of the molecule is CC(=O)O[C@@H]1C[C@]2(C)[C@H](C[C@H](O)[C@@H]3[C@]4(C)CC[C@H](O)[C@H](C)[C@H]4CC[C@]32C)/C1=C(\CCC=C(C)C)C(=O)[O-].[Na+]. The summed E-state index contributed by atoms with van der Waals surface area (Å²) in [6.45, 7) is 14.4. The zero-order valence-electron chi connectivity index (χ0n) is 24.8. The fourth-order valence-electron chi connectivity index (χ4n) is 9.78. The van der Waals surface area contributed by atoms with Gasteiger partial charge in [0.25, 0.3) is 0 Å². The molecule has 0 unspecified atom stereocenters. The average molecular weight is 539 g/mol. The number of esters is 1. The number of ether oxygens (including phenoxy) is 1. The van der Waals surface area contributed by atoms with Gasteiger partial charge in [-0.05, 0) is 116 Å². The summed E-state index contributed by atoms with van der Waals surface area (Å²) in [6, 6.07) is 0. The maximum absolute atomic E-state index is 12.5. The van der Waals surface area contributed by atoms with Crippen molar-refractivity contribution in [2.24, 2.45) is 39.9 Å². The Balaban J connectivity index is 0.00000400. The van der Waals surface area contributed by atoms with E-state index in [4.69, 9.17) is 4.74 Å². The van der Waals surface area contributed by atoms with Gasteiger partial charge < -0.3 is 24.9 Å². The third-order valence-electron chi connectivity index (χ3n) is 11.6. The molecule has 0 heterocycles. The summed E-state index contributed by atoms with van der Waals surface area (Å²) in [5, 5.41) is 35.0. The van der Waals surface area contributed by atoms with Gasteiger partial charge in [0.05, 0.1) is 18.2 Å². The van der Waals surface area contributed by atoms with E-state index in [0.29, 0.717) is 37.2 Å². The number of aliphatic hydroxyl groups excluding tert-OH is 2. The van der Waals surface area contributed by atoms with E-state index >= 15 is 0 Å². The second-order valence-electron chi connectivity index (χ2n) is 13.6. The van der Waals surface area contributed by atoms with Gasteiger partial charge in [-0.25, -0.2) is 0 Å². The maximum Gasteiger partial charge on any atom is 1.00 e. The van der Waals surface area contributed by atoms with Crippen molar-refractivity contribution in [1.29, 1.82) is 0 Å². The molecule has 38 heavy (non-hydrogen) atoms. The summed E-state index contributed by atoms with van der Waals surface area (Å²) >= 11 is 0. The molecule has 4 saturated carbocycles. The Hall–Kier alpha value is -0.660. The number of carbonyl (C=O) groups excluding carboxylic acids is 2. The van der Waals surface area contributed by atoms with Gasteiger partial charge in [0, 0.05) is 6.92 Å². The number of aliphatic carboxylic acids is 1. The molecule has 0 radical (unpaired) electrons. The van der Waals surface area contributed by atoms with Crippen molar-refractivity contribution in [1.82, 2.24) is 0 Å². The number of hydrogen-bond donors (Lipinski definition) is 2. The van der Waals surface area contributed by atoms with Crippen LogP contribution in [0, 0.1) is 39.9 Å². The number of fused-ring (bicyclic) bond motifs is 5. The minimum atomic E-state index is -1.20. The molecule has 4 aliphatic carbocycles. The molecule has 0 saturated heterocycles. The van der Waals surface area contributed by atoms with Gasteiger partial charge in [-0.2, -0.15) is 0 Å². The first kappa shape index (κ1) is 31.9. The Labute approximate surface area is 251 Å². The largest absolute Gasteiger partial charge is 1.00 e. The molecule has 0 aromatic heterocycles. The van der Waals surface area contributed by atoms with Crippen LogP contribution in [0.5, 0.6) is 0 Å². The molecule has 208 valence electrons. The van der Waals surface area contributed by atoms with Crippen molar-refractivity contribution in [2.75, 3.05) is 0 Å². The monoisotopic (exact) mass is 538 g/mol. The van der Waals surface area contributed by atoms with Crippen LogP contribution in [0.4, 0.5) is 0 Å². The minimum Gasteiger partial charge on any atom is -0.545 e. The van der Waals surface area contributed by atoms with E-state index in [1.165, 1.54) is 6.92 Å². The van der Waals surface area contributed by atoms with Crippen molar-refractivity contribution in [2.45, 2.75) is 118 Å². The summed E-state index contributed by atoms with van der Waals surface area (Å²) in [4.78, 5) is 24.7. The molecule has 4 fully saturated rings. The van der Waals surface area contributed by atoms with E-state index < -0.39 is 24.1 Å². The van der Waals surface area contributed by atoms with Gasteiger partial charge in [0.15, 0.2) is 0 Å². The number of carboxylic acid groups (broad SMARTS) is 1. The van der Waals surface area contributed by atoms with Crippen molar-refractivity contribution in [3.05, 3.63) is 22.8 Å². The van der Waals surface area contributed by atoms with Gasteiger partial charge in [-0.1, -0.05) is 39.3 Å². The molecule has 0 aromatic carbocycles. The first-order valence-corrected chi connectivity index (χ1v) is 14.3. The Morgan fingerprint density at radius 3 is 2.29 bits per heavy atom. The van der Waals surface area contributed by atoms with E-state index in [1.54, 1.807) is 0 Å². The molecular weight excluding hydrogens is 491 g/mol. The number of hydrogen-bond acceptors (Lipinski definition) is 6. The van der Waals surface area contributed by atoms with Crippen LogP contribution in [-0.4, -0.2) is 40.5 Å². The number of rotatable bonds is 5. The molecular formula is C31H47NaO6. The Morgan fingerprint density at radius 1 is 1.05 bits per heavy atom. The molecule has 10 atom stereocenters. The third-order valence-corrected chi connectivity index (χ3v) is 11.6. The number of carboxylic acids is 1. The Morgan fingerprint density at radius 2 is 1.71 bits per heavy atom. The van der Waals surface area contributed by atoms with E-state index in [9.17, 15) is 24.9 Å². The molecule has 0 spiro atoms. The maximum atomic E-state index is 12.5. The normalized spacial score (nSPS) is 45.0. The summed E-state index contributed by atoms with van der Waals surface area (Å²) in [5.74, 6) is -1.25. The predicted molar refractivity (Wildman–Crippen MR) is 140 cm³/mol. The topological polar surface area (TPSA) is 107 Å². The van der Waals surface area contributed by atoms with Gasteiger partial charge in [0.1, 0.15) is 6.10 Å². The smallest absolute Gasteiger partial charge is 0.545 e. The summed E-state index contributed by atoms with van der Waals surface area (Å²) in [7, 11) is 0. The van der Waals surface area contributed by atoms with Crippen LogP contribution >= 0.6 is 0 Å². The van der Waals surface area contributed by atoms with E-state index in [2.05, 4.69) is 27.7 Å². The van der Waals surface area contributed by atoms with Crippen molar-refractivity contribution in [3.8, 4) is 0 Å². The van der Waals surface area contributed by atoms with Crippen LogP contribution in [0.25, 0.3) is 0 Å². The number of carbonyl (C=O) groups is 2.